The molecular weight excluding hydrogens is 422 g/mol. The van der Waals surface area contributed by atoms with Crippen LogP contribution >= 0.6 is 0 Å². The number of nitrogens with one attached hydrogen (secondary N) is 1. The second-order valence-corrected chi connectivity index (χ2v) is 7.80. The average Bonchev–Trinajstić information content (AvgIpc) is 2.85. The number of rotatable bonds is 6. The van der Waals surface area contributed by atoms with Gasteiger partial charge in [-0.25, -0.2) is 0 Å². The predicted molar refractivity (Wildman–Crippen MR) is 123 cm³/mol. The lowest BCUT2D eigenvalue weighted by Crippen LogP contribution is -2.43. The molecule has 8 nitrogen and oxygen atoms in total. The molecule has 1 saturated heterocycles. The van der Waals surface area contributed by atoms with Crippen LogP contribution in [0.25, 0.3) is 0 Å². The first-order valence-corrected chi connectivity index (χ1v) is 10.7. The molecule has 3 aromatic rings. The number of hydrogen-bond donors (Lipinski definition) is 1. The summed E-state index contributed by atoms with van der Waals surface area (Å²) in [5, 5.41) is 14.2. The Labute approximate surface area is 190 Å². The first-order valence-electron chi connectivity index (χ1n) is 10.7. The minimum absolute atomic E-state index is 0.0946. The van der Waals surface area contributed by atoms with Gasteiger partial charge >= 0.3 is 0 Å². The van der Waals surface area contributed by atoms with E-state index in [1.807, 2.05) is 24.3 Å². The number of likely N-dealkylation sites (tertiary alicyclic amines) is 1. The van der Waals surface area contributed by atoms with Crippen LogP contribution in [0.5, 0.6) is 11.5 Å². The van der Waals surface area contributed by atoms with Crippen molar-refractivity contribution in [2.24, 2.45) is 5.92 Å². The molecule has 0 radical (unpaired) electrons. The highest BCUT2D eigenvalue weighted by Crippen LogP contribution is 2.31. The number of hydrogen-bond acceptors (Lipinski definition) is 5. The van der Waals surface area contributed by atoms with Crippen LogP contribution in [0.1, 0.15) is 23.2 Å². The normalized spacial score (nSPS) is 15.5. The van der Waals surface area contributed by atoms with E-state index in [2.05, 4.69) is 5.32 Å². The maximum Gasteiger partial charge on any atom is 0.270 e. The molecule has 1 aliphatic rings. The number of benzene rings is 3. The zero-order valence-electron chi connectivity index (χ0n) is 17.8. The van der Waals surface area contributed by atoms with Crippen molar-refractivity contribution < 1.29 is 19.2 Å². The van der Waals surface area contributed by atoms with Crippen LogP contribution in [-0.2, 0) is 4.79 Å². The summed E-state index contributed by atoms with van der Waals surface area (Å²) in [4.78, 5) is 38.5. The molecule has 1 N–H and O–H groups in total. The van der Waals surface area contributed by atoms with Gasteiger partial charge in [0.05, 0.1) is 16.4 Å². The number of anilines is 1. The largest absolute Gasteiger partial charge is 0.457 e. The molecule has 1 fully saturated rings. The first-order chi connectivity index (χ1) is 16.0. The predicted octanol–water partition coefficient (Wildman–Crippen LogP) is 4.88. The third-order valence-corrected chi connectivity index (χ3v) is 5.50. The Morgan fingerprint density at radius 3 is 2.39 bits per heavy atom. The Hall–Kier alpha value is -4.20. The smallest absolute Gasteiger partial charge is 0.270 e. The van der Waals surface area contributed by atoms with Gasteiger partial charge in [-0.05, 0) is 43.2 Å². The number of nitro benzene ring substituents is 1. The molecule has 0 aromatic heterocycles. The standard InChI is InChI=1S/C25H23N3O5/c29-24(26-19-9-3-1-4-10-19)18-8-7-15-27(17-18)25(30)22-16-20(28(31)32)13-14-23(22)33-21-11-5-2-6-12-21/h1-6,9-14,16,18H,7-8,15,17H2,(H,26,29). The molecular formula is C25H23N3O5. The van der Waals surface area contributed by atoms with Crippen LogP contribution < -0.4 is 10.1 Å². The number of ether oxygens (including phenoxy) is 1. The molecule has 8 heteroatoms. The topological polar surface area (TPSA) is 102 Å². The number of nitro groups is 1. The molecule has 1 aliphatic heterocycles. The van der Waals surface area contributed by atoms with Crippen molar-refractivity contribution >= 4 is 23.2 Å². The number of amides is 2. The summed E-state index contributed by atoms with van der Waals surface area (Å²) in [6, 6.07) is 22.0. The highest BCUT2D eigenvalue weighted by molar-refractivity contribution is 5.99. The number of carbonyl (C=O) groups excluding carboxylic acids is 2. The van der Waals surface area contributed by atoms with E-state index in [9.17, 15) is 19.7 Å². The summed E-state index contributed by atoms with van der Waals surface area (Å²) in [5.74, 6) is -0.188. The lowest BCUT2D eigenvalue weighted by Gasteiger charge is -2.32. The summed E-state index contributed by atoms with van der Waals surface area (Å²) in [5.41, 5.74) is 0.592. The molecule has 1 atom stereocenters. The molecule has 0 saturated carbocycles. The number of carbonyl (C=O) groups is 2. The summed E-state index contributed by atoms with van der Waals surface area (Å²) >= 11 is 0. The van der Waals surface area contributed by atoms with E-state index in [4.69, 9.17) is 4.74 Å². The van der Waals surface area contributed by atoms with Gasteiger partial charge in [-0.3, -0.25) is 19.7 Å². The van der Waals surface area contributed by atoms with Gasteiger partial charge in [-0.2, -0.15) is 0 Å². The van der Waals surface area contributed by atoms with Crippen molar-refractivity contribution in [3.63, 3.8) is 0 Å². The average molecular weight is 445 g/mol. The zero-order valence-corrected chi connectivity index (χ0v) is 17.8. The van der Waals surface area contributed by atoms with Gasteiger partial charge in [0.25, 0.3) is 11.6 Å². The highest BCUT2D eigenvalue weighted by atomic mass is 16.6. The SMILES string of the molecule is O=C(Nc1ccccc1)C1CCCN(C(=O)c2cc([N+](=O)[O-])ccc2Oc2ccccc2)C1. The molecule has 1 unspecified atom stereocenters. The summed E-state index contributed by atoms with van der Waals surface area (Å²) in [7, 11) is 0. The summed E-state index contributed by atoms with van der Waals surface area (Å²) in [6.45, 7) is 0.687. The second kappa shape index (κ2) is 9.95. The number of para-hydroxylation sites is 2. The van der Waals surface area contributed by atoms with Crippen molar-refractivity contribution in [3.8, 4) is 11.5 Å². The Morgan fingerprint density at radius 2 is 1.70 bits per heavy atom. The van der Waals surface area contributed by atoms with Crippen molar-refractivity contribution in [1.82, 2.24) is 4.90 Å². The number of non-ortho nitro benzene ring substituents is 1. The zero-order chi connectivity index (χ0) is 23.2. The fourth-order valence-corrected chi connectivity index (χ4v) is 3.81. The summed E-state index contributed by atoms with van der Waals surface area (Å²) in [6.07, 6.45) is 1.31. The number of piperidine rings is 1. The van der Waals surface area contributed by atoms with Crippen molar-refractivity contribution in [1.29, 1.82) is 0 Å². The molecule has 4 rings (SSSR count). The molecule has 1 heterocycles. The van der Waals surface area contributed by atoms with Crippen molar-refractivity contribution in [2.45, 2.75) is 12.8 Å². The van der Waals surface area contributed by atoms with E-state index in [-0.39, 0.29) is 35.4 Å². The quantitative estimate of drug-likeness (QED) is 0.430. The van der Waals surface area contributed by atoms with Gasteiger partial charge < -0.3 is 15.0 Å². The Morgan fingerprint density at radius 1 is 1.00 bits per heavy atom. The second-order valence-electron chi connectivity index (χ2n) is 7.80. The Balaban J connectivity index is 1.55. The Bertz CT molecular complexity index is 1150. The molecule has 0 spiro atoms. The minimum Gasteiger partial charge on any atom is -0.457 e. The lowest BCUT2D eigenvalue weighted by molar-refractivity contribution is -0.384. The van der Waals surface area contributed by atoms with Crippen LogP contribution in [0, 0.1) is 16.0 Å². The van der Waals surface area contributed by atoms with Gasteiger partial charge in [-0.1, -0.05) is 36.4 Å². The fourth-order valence-electron chi connectivity index (χ4n) is 3.81. The molecule has 0 aliphatic carbocycles. The van der Waals surface area contributed by atoms with Crippen molar-refractivity contribution in [2.75, 3.05) is 18.4 Å². The Kier molecular flexibility index (Phi) is 6.64. The monoisotopic (exact) mass is 445 g/mol. The van der Waals surface area contributed by atoms with E-state index >= 15 is 0 Å². The third-order valence-electron chi connectivity index (χ3n) is 5.50. The molecule has 0 bridgehead atoms. The van der Waals surface area contributed by atoms with Gasteiger partial charge in [-0.15, -0.1) is 0 Å². The van der Waals surface area contributed by atoms with E-state index in [0.717, 1.165) is 0 Å². The van der Waals surface area contributed by atoms with Gasteiger partial charge in [0.1, 0.15) is 11.5 Å². The lowest BCUT2D eigenvalue weighted by atomic mass is 9.96. The maximum atomic E-state index is 13.4. The fraction of sp³-hybridized carbons (Fsp3) is 0.200. The van der Waals surface area contributed by atoms with E-state index < -0.39 is 10.8 Å². The van der Waals surface area contributed by atoms with Gasteiger partial charge in [0.15, 0.2) is 0 Å². The van der Waals surface area contributed by atoms with Crippen LogP contribution in [0.3, 0.4) is 0 Å². The van der Waals surface area contributed by atoms with Crippen molar-refractivity contribution in [3.05, 3.63) is 94.5 Å². The van der Waals surface area contributed by atoms with Crippen LogP contribution in [0.4, 0.5) is 11.4 Å². The highest BCUT2D eigenvalue weighted by Gasteiger charge is 2.31. The minimum atomic E-state index is -0.546. The van der Waals surface area contributed by atoms with E-state index in [1.165, 1.54) is 18.2 Å². The third kappa shape index (κ3) is 5.35. The molecule has 2 amide bonds. The van der Waals surface area contributed by atoms with Gasteiger partial charge in [0, 0.05) is 30.9 Å². The van der Waals surface area contributed by atoms with E-state index in [1.54, 1.807) is 41.3 Å². The molecule has 168 valence electrons. The molecule has 3 aromatic carbocycles. The van der Waals surface area contributed by atoms with Gasteiger partial charge in [0.2, 0.25) is 5.91 Å². The first kappa shape index (κ1) is 22.0. The van der Waals surface area contributed by atoms with Crippen LogP contribution in [0.2, 0.25) is 0 Å². The van der Waals surface area contributed by atoms with Crippen LogP contribution in [-0.4, -0.2) is 34.7 Å². The maximum absolute atomic E-state index is 13.4. The number of nitrogens with zero attached hydrogens (tertiary/aromatic N) is 2. The van der Waals surface area contributed by atoms with E-state index in [0.29, 0.717) is 30.8 Å². The molecule has 33 heavy (non-hydrogen) atoms. The summed E-state index contributed by atoms with van der Waals surface area (Å²) < 4.78 is 5.86. The van der Waals surface area contributed by atoms with Crippen LogP contribution in [0.15, 0.2) is 78.9 Å².